The monoisotopic (exact) mass is 279 g/mol. The van der Waals surface area contributed by atoms with Crippen molar-refractivity contribution in [3.05, 3.63) is 39.7 Å². The lowest BCUT2D eigenvalue weighted by Crippen LogP contribution is -2.36. The van der Waals surface area contributed by atoms with Gasteiger partial charge in [0.1, 0.15) is 16.5 Å². The van der Waals surface area contributed by atoms with Gasteiger partial charge in [0.05, 0.1) is 12.6 Å². The highest BCUT2D eigenvalue weighted by Gasteiger charge is 2.12. The SMILES string of the molecule is Cc1csc(CNC(=O)NC(C)c2ccc(C)o2)n1. The van der Waals surface area contributed by atoms with E-state index >= 15 is 0 Å². The molecule has 1 atom stereocenters. The van der Waals surface area contributed by atoms with Gasteiger partial charge in [0, 0.05) is 11.1 Å². The number of aryl methyl sites for hydroxylation is 2. The third kappa shape index (κ3) is 3.82. The van der Waals surface area contributed by atoms with Gasteiger partial charge in [-0.3, -0.25) is 0 Å². The molecular formula is C13H17N3O2S. The maximum atomic E-state index is 11.7. The van der Waals surface area contributed by atoms with Crippen molar-refractivity contribution >= 4 is 17.4 Å². The van der Waals surface area contributed by atoms with E-state index in [1.165, 1.54) is 11.3 Å². The number of nitrogens with zero attached hydrogens (tertiary/aromatic N) is 1. The molecule has 2 rings (SSSR count). The Morgan fingerprint density at radius 1 is 1.47 bits per heavy atom. The van der Waals surface area contributed by atoms with Crippen LogP contribution in [0.15, 0.2) is 21.9 Å². The van der Waals surface area contributed by atoms with E-state index in [4.69, 9.17) is 4.42 Å². The first-order valence-electron chi connectivity index (χ1n) is 6.06. The molecule has 0 radical (unpaired) electrons. The Hall–Kier alpha value is -1.82. The summed E-state index contributed by atoms with van der Waals surface area (Å²) in [7, 11) is 0. The standard InChI is InChI=1S/C13H17N3O2S/c1-8-7-19-12(15-8)6-14-13(17)16-10(3)11-5-4-9(2)18-11/h4-5,7,10H,6H2,1-3H3,(H2,14,16,17). The van der Waals surface area contributed by atoms with Gasteiger partial charge in [0.2, 0.25) is 0 Å². The molecule has 2 aromatic heterocycles. The van der Waals surface area contributed by atoms with Crippen LogP contribution < -0.4 is 10.6 Å². The normalized spacial score (nSPS) is 12.2. The fraction of sp³-hybridized carbons (Fsp3) is 0.385. The van der Waals surface area contributed by atoms with E-state index in [0.717, 1.165) is 22.2 Å². The molecule has 0 fully saturated rings. The van der Waals surface area contributed by atoms with Gasteiger partial charge < -0.3 is 15.1 Å². The Morgan fingerprint density at radius 2 is 2.26 bits per heavy atom. The molecule has 19 heavy (non-hydrogen) atoms. The van der Waals surface area contributed by atoms with Crippen molar-refractivity contribution < 1.29 is 9.21 Å². The average molecular weight is 279 g/mol. The van der Waals surface area contributed by atoms with Crippen LogP contribution in [-0.4, -0.2) is 11.0 Å². The Kier molecular flexibility index (Phi) is 4.21. The average Bonchev–Trinajstić information content (AvgIpc) is 2.95. The highest BCUT2D eigenvalue weighted by atomic mass is 32.1. The molecule has 2 N–H and O–H groups in total. The lowest BCUT2D eigenvalue weighted by atomic mass is 10.2. The first kappa shape index (κ1) is 13.6. The Labute approximate surface area is 116 Å². The minimum Gasteiger partial charge on any atom is -0.464 e. The van der Waals surface area contributed by atoms with Crippen LogP contribution in [-0.2, 0) is 6.54 Å². The zero-order valence-corrected chi connectivity index (χ0v) is 12.0. The summed E-state index contributed by atoms with van der Waals surface area (Å²) in [5, 5.41) is 8.45. The zero-order valence-electron chi connectivity index (χ0n) is 11.2. The summed E-state index contributed by atoms with van der Waals surface area (Å²) in [6.07, 6.45) is 0. The highest BCUT2D eigenvalue weighted by molar-refractivity contribution is 7.09. The maximum Gasteiger partial charge on any atom is 0.315 e. The van der Waals surface area contributed by atoms with Crippen molar-refractivity contribution in [3.8, 4) is 0 Å². The van der Waals surface area contributed by atoms with Crippen LogP contribution >= 0.6 is 11.3 Å². The summed E-state index contributed by atoms with van der Waals surface area (Å²) < 4.78 is 5.46. The van der Waals surface area contributed by atoms with Gasteiger partial charge in [-0.25, -0.2) is 9.78 Å². The van der Waals surface area contributed by atoms with E-state index in [9.17, 15) is 4.79 Å². The molecule has 6 heteroatoms. The molecule has 2 aromatic rings. The smallest absolute Gasteiger partial charge is 0.315 e. The number of rotatable bonds is 4. The van der Waals surface area contributed by atoms with Crippen LogP contribution in [0.2, 0.25) is 0 Å². The Morgan fingerprint density at radius 3 is 2.84 bits per heavy atom. The van der Waals surface area contributed by atoms with E-state index < -0.39 is 0 Å². The summed E-state index contributed by atoms with van der Waals surface area (Å²) in [5.41, 5.74) is 0.974. The summed E-state index contributed by atoms with van der Waals surface area (Å²) >= 11 is 1.54. The topological polar surface area (TPSA) is 67.2 Å². The van der Waals surface area contributed by atoms with Gasteiger partial charge in [-0.2, -0.15) is 0 Å². The van der Waals surface area contributed by atoms with Crippen LogP contribution in [0.25, 0.3) is 0 Å². The van der Waals surface area contributed by atoms with E-state index in [-0.39, 0.29) is 12.1 Å². The molecule has 102 valence electrons. The zero-order chi connectivity index (χ0) is 13.8. The van der Waals surface area contributed by atoms with Gasteiger partial charge in [0.15, 0.2) is 0 Å². The van der Waals surface area contributed by atoms with E-state index in [0.29, 0.717) is 6.54 Å². The Balaban J connectivity index is 1.81. The third-order valence-electron chi connectivity index (χ3n) is 2.60. The van der Waals surface area contributed by atoms with Crippen LogP contribution in [0, 0.1) is 13.8 Å². The van der Waals surface area contributed by atoms with Gasteiger partial charge in [-0.1, -0.05) is 0 Å². The number of aromatic nitrogens is 1. The molecule has 0 aromatic carbocycles. The van der Waals surface area contributed by atoms with Gasteiger partial charge in [0.25, 0.3) is 0 Å². The summed E-state index contributed by atoms with van der Waals surface area (Å²) in [5.74, 6) is 1.58. The number of thiazole rings is 1. The van der Waals surface area contributed by atoms with E-state index in [1.54, 1.807) is 0 Å². The molecule has 2 amide bonds. The first-order valence-corrected chi connectivity index (χ1v) is 6.94. The molecule has 0 aliphatic rings. The minimum atomic E-state index is -0.227. The molecular weight excluding hydrogens is 262 g/mol. The van der Waals surface area contributed by atoms with Crippen molar-refractivity contribution in [2.45, 2.75) is 33.4 Å². The third-order valence-corrected chi connectivity index (χ3v) is 3.57. The van der Waals surface area contributed by atoms with Gasteiger partial charge in [-0.15, -0.1) is 11.3 Å². The van der Waals surface area contributed by atoms with Crippen molar-refractivity contribution in [3.63, 3.8) is 0 Å². The van der Waals surface area contributed by atoms with Crippen LogP contribution in [0.3, 0.4) is 0 Å². The van der Waals surface area contributed by atoms with Gasteiger partial charge in [-0.05, 0) is 32.9 Å². The summed E-state index contributed by atoms with van der Waals surface area (Å²) in [6.45, 7) is 6.13. The van der Waals surface area contributed by atoms with E-state index in [2.05, 4.69) is 15.6 Å². The largest absolute Gasteiger partial charge is 0.464 e. The quantitative estimate of drug-likeness (QED) is 0.904. The molecule has 5 nitrogen and oxygen atoms in total. The number of nitrogens with one attached hydrogen (secondary N) is 2. The molecule has 0 spiro atoms. The van der Waals surface area contributed by atoms with Crippen LogP contribution in [0.4, 0.5) is 4.79 Å². The van der Waals surface area contributed by atoms with E-state index in [1.807, 2.05) is 38.3 Å². The second kappa shape index (κ2) is 5.88. The van der Waals surface area contributed by atoms with Crippen molar-refractivity contribution in [2.75, 3.05) is 0 Å². The van der Waals surface area contributed by atoms with Crippen molar-refractivity contribution in [2.24, 2.45) is 0 Å². The van der Waals surface area contributed by atoms with Gasteiger partial charge >= 0.3 is 6.03 Å². The summed E-state index contributed by atoms with van der Waals surface area (Å²) in [4.78, 5) is 16.0. The number of hydrogen-bond acceptors (Lipinski definition) is 4. The maximum absolute atomic E-state index is 11.7. The number of amides is 2. The molecule has 0 aliphatic carbocycles. The lowest BCUT2D eigenvalue weighted by molar-refractivity contribution is 0.235. The number of hydrogen-bond donors (Lipinski definition) is 2. The fourth-order valence-electron chi connectivity index (χ4n) is 1.64. The second-order valence-corrected chi connectivity index (χ2v) is 5.32. The fourth-order valence-corrected chi connectivity index (χ4v) is 2.36. The molecule has 0 aliphatic heterocycles. The predicted molar refractivity (Wildman–Crippen MR) is 74.1 cm³/mol. The number of carbonyl (C=O) groups is 1. The summed E-state index contributed by atoms with van der Waals surface area (Å²) in [6, 6.07) is 3.36. The molecule has 0 bridgehead atoms. The van der Waals surface area contributed by atoms with Crippen LogP contribution in [0.5, 0.6) is 0 Å². The van der Waals surface area contributed by atoms with Crippen molar-refractivity contribution in [1.82, 2.24) is 15.6 Å². The second-order valence-electron chi connectivity index (χ2n) is 4.38. The minimum absolute atomic E-state index is 0.160. The Bertz CT molecular complexity index is 562. The first-order chi connectivity index (χ1) is 9.04. The van der Waals surface area contributed by atoms with Crippen molar-refractivity contribution in [1.29, 1.82) is 0 Å². The number of furan rings is 1. The predicted octanol–water partition coefficient (Wildman–Crippen LogP) is 2.91. The highest BCUT2D eigenvalue weighted by Crippen LogP contribution is 2.15. The molecule has 0 saturated carbocycles. The lowest BCUT2D eigenvalue weighted by Gasteiger charge is -2.11. The van der Waals surface area contributed by atoms with Crippen LogP contribution in [0.1, 0.15) is 35.2 Å². The molecule has 0 saturated heterocycles. The number of urea groups is 1. The molecule has 2 heterocycles. The number of carbonyl (C=O) groups excluding carboxylic acids is 1. The molecule has 1 unspecified atom stereocenters.